The number of fused-ring (bicyclic) bond motifs is 1. The van der Waals surface area contributed by atoms with Gasteiger partial charge in [0.25, 0.3) is 0 Å². The van der Waals surface area contributed by atoms with Crippen molar-refractivity contribution in [3.05, 3.63) is 48.9 Å². The molecule has 0 aliphatic heterocycles. The number of nitrogens with zero attached hydrogens (tertiary/aromatic N) is 3. The molecule has 0 bridgehead atoms. The lowest BCUT2D eigenvalue weighted by Crippen LogP contribution is -1.88. The first-order chi connectivity index (χ1) is 7.84. The van der Waals surface area contributed by atoms with E-state index in [-0.39, 0.29) is 5.75 Å². The highest BCUT2D eigenvalue weighted by atomic mass is 16.3. The lowest BCUT2D eigenvalue weighted by atomic mass is 10.1. The third kappa shape index (κ3) is 1.32. The average Bonchev–Trinajstić information content (AvgIpc) is 2.74. The van der Waals surface area contributed by atoms with Crippen molar-refractivity contribution in [3.63, 3.8) is 0 Å². The summed E-state index contributed by atoms with van der Waals surface area (Å²) >= 11 is 0. The van der Waals surface area contributed by atoms with Crippen LogP contribution in [0.4, 0.5) is 0 Å². The van der Waals surface area contributed by atoms with Crippen molar-refractivity contribution < 1.29 is 5.11 Å². The van der Waals surface area contributed by atoms with E-state index < -0.39 is 0 Å². The van der Waals surface area contributed by atoms with Crippen LogP contribution in [0.2, 0.25) is 0 Å². The Labute approximate surface area is 91.8 Å². The maximum atomic E-state index is 9.23. The smallest absolute Gasteiger partial charge is 0.234 e. The maximum absolute atomic E-state index is 9.23. The minimum Gasteiger partial charge on any atom is -0.508 e. The van der Waals surface area contributed by atoms with E-state index in [0.29, 0.717) is 5.78 Å². The van der Waals surface area contributed by atoms with Crippen LogP contribution in [0, 0.1) is 0 Å². The van der Waals surface area contributed by atoms with Gasteiger partial charge in [-0.2, -0.15) is 0 Å². The average molecular weight is 211 g/mol. The van der Waals surface area contributed by atoms with Gasteiger partial charge >= 0.3 is 0 Å². The van der Waals surface area contributed by atoms with Gasteiger partial charge in [0.05, 0.1) is 11.9 Å². The molecule has 1 N–H and O–H groups in total. The first kappa shape index (κ1) is 8.91. The summed E-state index contributed by atoms with van der Waals surface area (Å²) in [6, 6.07) is 8.88. The minimum absolute atomic E-state index is 0.260. The highest BCUT2D eigenvalue weighted by Crippen LogP contribution is 2.21. The monoisotopic (exact) mass is 211 g/mol. The second-order valence-electron chi connectivity index (χ2n) is 3.48. The second-order valence-corrected chi connectivity index (χ2v) is 3.48. The van der Waals surface area contributed by atoms with Crippen LogP contribution < -0.4 is 0 Å². The molecule has 0 atom stereocenters. The van der Waals surface area contributed by atoms with Crippen LogP contribution in [0.3, 0.4) is 0 Å². The number of imidazole rings is 1. The van der Waals surface area contributed by atoms with Crippen LogP contribution >= 0.6 is 0 Å². The Kier molecular flexibility index (Phi) is 1.86. The van der Waals surface area contributed by atoms with Crippen molar-refractivity contribution >= 4 is 5.78 Å². The van der Waals surface area contributed by atoms with Gasteiger partial charge in [-0.1, -0.05) is 0 Å². The Morgan fingerprint density at radius 3 is 2.69 bits per heavy atom. The third-order valence-corrected chi connectivity index (χ3v) is 2.45. The molecule has 1 aromatic carbocycles. The fourth-order valence-electron chi connectivity index (χ4n) is 1.67. The lowest BCUT2D eigenvalue weighted by molar-refractivity contribution is 0.475. The summed E-state index contributed by atoms with van der Waals surface area (Å²) in [7, 11) is 0. The molecule has 0 amide bonds. The van der Waals surface area contributed by atoms with Crippen LogP contribution in [-0.2, 0) is 0 Å². The molecule has 4 heteroatoms. The molecule has 0 saturated heterocycles. The van der Waals surface area contributed by atoms with Gasteiger partial charge in [-0.15, -0.1) is 0 Å². The van der Waals surface area contributed by atoms with Gasteiger partial charge in [0.15, 0.2) is 0 Å². The fraction of sp³-hybridized carbons (Fsp3) is 0. The summed E-state index contributed by atoms with van der Waals surface area (Å²) in [5, 5.41) is 9.23. The largest absolute Gasteiger partial charge is 0.508 e. The van der Waals surface area contributed by atoms with Crippen LogP contribution in [0.15, 0.2) is 48.9 Å². The topological polar surface area (TPSA) is 50.4 Å². The van der Waals surface area contributed by atoms with Crippen molar-refractivity contribution in [1.29, 1.82) is 0 Å². The quantitative estimate of drug-likeness (QED) is 0.670. The Balaban J connectivity index is 2.22. The van der Waals surface area contributed by atoms with Crippen molar-refractivity contribution in [1.82, 2.24) is 14.4 Å². The summed E-state index contributed by atoms with van der Waals surface area (Å²) in [4.78, 5) is 8.35. The van der Waals surface area contributed by atoms with E-state index in [2.05, 4.69) is 9.97 Å². The van der Waals surface area contributed by atoms with Gasteiger partial charge in [0.2, 0.25) is 5.78 Å². The zero-order valence-corrected chi connectivity index (χ0v) is 8.41. The van der Waals surface area contributed by atoms with Gasteiger partial charge in [-0.05, 0) is 30.3 Å². The molecule has 2 heterocycles. The van der Waals surface area contributed by atoms with Crippen molar-refractivity contribution in [3.8, 4) is 17.0 Å². The molecular weight excluding hydrogens is 202 g/mol. The van der Waals surface area contributed by atoms with Crippen molar-refractivity contribution in [2.75, 3.05) is 0 Å². The number of phenols is 1. The molecule has 2 aromatic heterocycles. The molecule has 0 aliphatic carbocycles. The van der Waals surface area contributed by atoms with E-state index in [9.17, 15) is 5.11 Å². The van der Waals surface area contributed by atoms with Crippen LogP contribution in [0.25, 0.3) is 17.0 Å². The summed E-state index contributed by atoms with van der Waals surface area (Å²) < 4.78 is 1.91. The van der Waals surface area contributed by atoms with Gasteiger partial charge in [-0.25, -0.2) is 9.97 Å². The number of benzene rings is 1. The van der Waals surface area contributed by atoms with Crippen LogP contribution in [0.5, 0.6) is 5.75 Å². The van der Waals surface area contributed by atoms with E-state index in [1.165, 1.54) is 0 Å². The van der Waals surface area contributed by atoms with Gasteiger partial charge in [0, 0.05) is 18.0 Å². The molecule has 3 rings (SSSR count). The highest BCUT2D eigenvalue weighted by molar-refractivity contribution is 5.62. The number of aromatic nitrogens is 3. The van der Waals surface area contributed by atoms with Crippen LogP contribution in [0.1, 0.15) is 0 Å². The van der Waals surface area contributed by atoms with Gasteiger partial charge in [-0.3, -0.25) is 4.40 Å². The number of phenolic OH excluding ortho intramolecular Hbond substituents is 1. The van der Waals surface area contributed by atoms with E-state index in [4.69, 9.17) is 0 Å². The predicted molar refractivity (Wildman–Crippen MR) is 60.1 cm³/mol. The van der Waals surface area contributed by atoms with Crippen LogP contribution in [-0.4, -0.2) is 19.5 Å². The molecule has 3 aromatic rings. The first-order valence-corrected chi connectivity index (χ1v) is 4.92. The third-order valence-electron chi connectivity index (χ3n) is 2.45. The summed E-state index contributed by atoms with van der Waals surface area (Å²) in [5.41, 5.74) is 1.96. The van der Waals surface area contributed by atoms with Crippen molar-refractivity contribution in [2.45, 2.75) is 0 Å². The molecule has 0 aliphatic rings. The summed E-state index contributed by atoms with van der Waals surface area (Å²) in [6.45, 7) is 0. The molecular formula is C12H9N3O. The molecule has 78 valence electrons. The molecule has 0 radical (unpaired) electrons. The normalized spacial score (nSPS) is 10.8. The minimum atomic E-state index is 0.260. The van der Waals surface area contributed by atoms with E-state index in [1.807, 2.05) is 28.8 Å². The highest BCUT2D eigenvalue weighted by Gasteiger charge is 2.05. The first-order valence-electron chi connectivity index (χ1n) is 4.92. The number of hydrogen-bond acceptors (Lipinski definition) is 3. The van der Waals surface area contributed by atoms with E-state index in [0.717, 1.165) is 11.3 Å². The van der Waals surface area contributed by atoms with Gasteiger partial charge < -0.3 is 5.11 Å². The standard InChI is InChI=1S/C12H9N3O/c16-10-4-2-9(3-5-10)11-8-14-12-13-6-1-7-15(11)12/h1-8,16H. The lowest BCUT2D eigenvalue weighted by Gasteiger charge is -2.00. The number of rotatable bonds is 1. The molecule has 16 heavy (non-hydrogen) atoms. The van der Waals surface area contributed by atoms with Crippen molar-refractivity contribution in [2.24, 2.45) is 0 Å². The molecule has 0 fully saturated rings. The maximum Gasteiger partial charge on any atom is 0.234 e. The fourth-order valence-corrected chi connectivity index (χ4v) is 1.67. The summed E-state index contributed by atoms with van der Waals surface area (Å²) in [6.07, 6.45) is 5.40. The molecule has 0 saturated carbocycles. The number of hydrogen-bond donors (Lipinski definition) is 1. The Morgan fingerprint density at radius 2 is 1.88 bits per heavy atom. The second kappa shape index (κ2) is 3.34. The zero-order chi connectivity index (χ0) is 11.0. The van der Waals surface area contributed by atoms with E-state index >= 15 is 0 Å². The SMILES string of the molecule is Oc1ccc(-c2cnc3ncccn23)cc1. The molecule has 0 unspecified atom stereocenters. The molecule has 0 spiro atoms. The summed E-state index contributed by atoms with van der Waals surface area (Å²) in [5.74, 6) is 0.932. The Bertz CT molecular complexity index is 628. The Hall–Kier alpha value is -2.36. The Morgan fingerprint density at radius 1 is 1.06 bits per heavy atom. The zero-order valence-electron chi connectivity index (χ0n) is 8.41. The van der Waals surface area contributed by atoms with E-state index in [1.54, 1.807) is 24.5 Å². The van der Waals surface area contributed by atoms with Gasteiger partial charge in [0.1, 0.15) is 5.75 Å². The molecule has 4 nitrogen and oxygen atoms in total. The number of aromatic hydroxyl groups is 1. The predicted octanol–water partition coefficient (Wildman–Crippen LogP) is 2.10.